The molecule has 0 N–H and O–H groups in total. The molecule has 0 atom stereocenters. The molecule has 0 aliphatic heterocycles. The molecule has 0 spiro atoms. The number of pyridine rings is 1. The molecule has 0 unspecified atom stereocenters. The van der Waals surface area contributed by atoms with E-state index in [0.717, 1.165) is 0 Å². The molecule has 0 aromatic carbocycles. The fourth-order valence-electron chi connectivity index (χ4n) is 0.697. The summed E-state index contributed by atoms with van der Waals surface area (Å²) in [6.07, 6.45) is 1.32. The van der Waals surface area contributed by atoms with E-state index in [2.05, 4.69) is 25.1 Å². The average molecular weight is 320 g/mol. The third-order valence-corrected chi connectivity index (χ3v) is 2.90. The molecule has 0 aliphatic rings. The topological polar surface area (TPSA) is 56.3 Å². The minimum Gasteiger partial charge on any atom is -0.258 e. The standard InChI is InChI=1S/C7H5BrF3NO3S/c8-5-1-2-6(12-3-5)4-15-16(13,14)7(9,10)11/h1-3H,4H2. The monoisotopic (exact) mass is 319 g/mol. The highest BCUT2D eigenvalue weighted by molar-refractivity contribution is 9.10. The minimum atomic E-state index is -5.56. The van der Waals surface area contributed by atoms with Gasteiger partial charge in [0.25, 0.3) is 0 Å². The van der Waals surface area contributed by atoms with Gasteiger partial charge in [-0.2, -0.15) is 21.6 Å². The van der Waals surface area contributed by atoms with E-state index < -0.39 is 22.2 Å². The van der Waals surface area contributed by atoms with Crippen LogP contribution in [-0.2, 0) is 20.9 Å². The molecule has 0 saturated heterocycles. The third-order valence-electron chi connectivity index (χ3n) is 1.43. The van der Waals surface area contributed by atoms with Crippen LogP contribution < -0.4 is 0 Å². The Morgan fingerprint density at radius 2 is 2.00 bits per heavy atom. The molecule has 1 aromatic heterocycles. The Labute approximate surface area is 97.7 Å². The maximum Gasteiger partial charge on any atom is 0.523 e. The molecule has 0 amide bonds. The summed E-state index contributed by atoms with van der Waals surface area (Å²) in [6.45, 7) is -0.755. The molecule has 90 valence electrons. The van der Waals surface area contributed by atoms with E-state index >= 15 is 0 Å². The molecule has 0 bridgehead atoms. The Morgan fingerprint density at radius 1 is 1.38 bits per heavy atom. The van der Waals surface area contributed by atoms with Gasteiger partial charge in [-0.1, -0.05) is 0 Å². The Kier molecular flexibility index (Phi) is 3.92. The van der Waals surface area contributed by atoms with Crippen LogP contribution in [0.1, 0.15) is 5.69 Å². The Hall–Kier alpha value is -0.670. The van der Waals surface area contributed by atoms with E-state index in [0.29, 0.717) is 4.47 Å². The summed E-state index contributed by atoms with van der Waals surface area (Å²) in [6, 6.07) is 2.85. The molecule has 1 aromatic rings. The van der Waals surface area contributed by atoms with Gasteiger partial charge in [0.05, 0.1) is 5.69 Å². The van der Waals surface area contributed by atoms with Crippen molar-refractivity contribution in [2.75, 3.05) is 0 Å². The molecule has 1 rings (SSSR count). The van der Waals surface area contributed by atoms with E-state index in [9.17, 15) is 21.6 Å². The molecule has 4 nitrogen and oxygen atoms in total. The van der Waals surface area contributed by atoms with Crippen molar-refractivity contribution in [3.05, 3.63) is 28.5 Å². The highest BCUT2D eigenvalue weighted by Gasteiger charge is 2.47. The van der Waals surface area contributed by atoms with E-state index in [1.54, 1.807) is 0 Å². The van der Waals surface area contributed by atoms with Gasteiger partial charge in [0.2, 0.25) is 0 Å². The highest BCUT2D eigenvalue weighted by atomic mass is 79.9. The summed E-state index contributed by atoms with van der Waals surface area (Å²) in [5.74, 6) is 0. The van der Waals surface area contributed by atoms with Crippen LogP contribution >= 0.6 is 15.9 Å². The minimum absolute atomic E-state index is 0.0797. The first-order valence-electron chi connectivity index (χ1n) is 3.78. The van der Waals surface area contributed by atoms with Crippen LogP contribution in [0.5, 0.6) is 0 Å². The number of halogens is 4. The summed E-state index contributed by atoms with van der Waals surface area (Å²) in [4.78, 5) is 3.66. The second-order valence-corrected chi connectivity index (χ2v) is 5.15. The van der Waals surface area contributed by atoms with Gasteiger partial charge in [-0.05, 0) is 28.1 Å². The van der Waals surface area contributed by atoms with Crippen LogP contribution in [0.3, 0.4) is 0 Å². The van der Waals surface area contributed by atoms with E-state index in [4.69, 9.17) is 0 Å². The zero-order chi connectivity index (χ0) is 12.4. The van der Waals surface area contributed by atoms with E-state index in [1.165, 1.54) is 18.3 Å². The van der Waals surface area contributed by atoms with Crippen molar-refractivity contribution in [2.24, 2.45) is 0 Å². The maximum atomic E-state index is 11.9. The van der Waals surface area contributed by atoms with Crippen LogP contribution in [0.15, 0.2) is 22.8 Å². The first-order valence-corrected chi connectivity index (χ1v) is 5.98. The second-order valence-electron chi connectivity index (χ2n) is 2.63. The number of hydrogen-bond acceptors (Lipinski definition) is 4. The predicted molar refractivity (Wildman–Crippen MR) is 51.7 cm³/mol. The molecule has 1 heterocycles. The van der Waals surface area contributed by atoms with Gasteiger partial charge in [-0.3, -0.25) is 9.17 Å². The van der Waals surface area contributed by atoms with Gasteiger partial charge in [0.15, 0.2) is 0 Å². The van der Waals surface area contributed by atoms with Gasteiger partial charge in [-0.15, -0.1) is 0 Å². The van der Waals surface area contributed by atoms with Gasteiger partial charge >= 0.3 is 15.6 Å². The van der Waals surface area contributed by atoms with Crippen molar-refractivity contribution in [1.29, 1.82) is 0 Å². The number of nitrogens with zero attached hydrogens (tertiary/aromatic N) is 1. The third kappa shape index (κ3) is 3.42. The van der Waals surface area contributed by atoms with Crippen molar-refractivity contribution in [2.45, 2.75) is 12.1 Å². The first kappa shape index (κ1) is 13.4. The highest BCUT2D eigenvalue weighted by Crippen LogP contribution is 2.25. The number of hydrogen-bond donors (Lipinski definition) is 0. The Morgan fingerprint density at radius 3 is 2.44 bits per heavy atom. The van der Waals surface area contributed by atoms with Crippen LogP contribution in [0.2, 0.25) is 0 Å². The molecule has 0 radical (unpaired) electrons. The number of rotatable bonds is 3. The largest absolute Gasteiger partial charge is 0.523 e. The van der Waals surface area contributed by atoms with Gasteiger partial charge in [0.1, 0.15) is 6.61 Å². The summed E-state index contributed by atoms with van der Waals surface area (Å²) in [5.41, 5.74) is -5.33. The van der Waals surface area contributed by atoms with Gasteiger partial charge in [-0.25, -0.2) is 0 Å². The zero-order valence-electron chi connectivity index (χ0n) is 7.53. The van der Waals surface area contributed by atoms with Crippen molar-refractivity contribution in [1.82, 2.24) is 4.98 Å². The zero-order valence-corrected chi connectivity index (χ0v) is 9.93. The molecular formula is C7H5BrF3NO3S. The fourth-order valence-corrected chi connectivity index (χ4v) is 1.34. The van der Waals surface area contributed by atoms with Crippen LogP contribution in [-0.4, -0.2) is 18.9 Å². The lowest BCUT2D eigenvalue weighted by Crippen LogP contribution is -2.25. The smallest absolute Gasteiger partial charge is 0.258 e. The summed E-state index contributed by atoms with van der Waals surface area (Å²) < 4.78 is 61.0. The lowest BCUT2D eigenvalue weighted by molar-refractivity contribution is -0.0548. The second kappa shape index (κ2) is 4.68. The van der Waals surface area contributed by atoms with Crippen LogP contribution in [0, 0.1) is 0 Å². The van der Waals surface area contributed by atoms with Crippen molar-refractivity contribution >= 4 is 26.0 Å². The van der Waals surface area contributed by atoms with E-state index in [1.807, 2.05) is 0 Å². The summed E-state index contributed by atoms with van der Waals surface area (Å²) in [5, 5.41) is 0. The average Bonchev–Trinajstić information content (AvgIpc) is 2.15. The SMILES string of the molecule is O=S(=O)(OCc1ccc(Br)cn1)C(F)(F)F. The molecule has 0 fully saturated rings. The lowest BCUT2D eigenvalue weighted by Gasteiger charge is -2.07. The maximum absolute atomic E-state index is 11.9. The lowest BCUT2D eigenvalue weighted by atomic mass is 10.4. The summed E-state index contributed by atoms with van der Waals surface area (Å²) >= 11 is 3.07. The Balaban J connectivity index is 2.69. The van der Waals surface area contributed by atoms with E-state index in [-0.39, 0.29) is 5.69 Å². The number of alkyl halides is 3. The quantitative estimate of drug-likeness (QED) is 0.633. The van der Waals surface area contributed by atoms with Crippen LogP contribution in [0.4, 0.5) is 13.2 Å². The molecular weight excluding hydrogens is 315 g/mol. The van der Waals surface area contributed by atoms with Gasteiger partial charge < -0.3 is 0 Å². The first-order chi connectivity index (χ1) is 7.22. The Bertz CT molecular complexity index is 457. The van der Waals surface area contributed by atoms with Crippen molar-refractivity contribution in [3.63, 3.8) is 0 Å². The predicted octanol–water partition coefficient (Wildman–Crippen LogP) is 2.21. The molecule has 0 aliphatic carbocycles. The summed E-state index contributed by atoms with van der Waals surface area (Å²) in [7, 11) is -5.56. The molecule has 16 heavy (non-hydrogen) atoms. The molecule has 0 saturated carbocycles. The van der Waals surface area contributed by atoms with Gasteiger partial charge in [0, 0.05) is 10.7 Å². The normalized spacial score (nSPS) is 12.8. The van der Waals surface area contributed by atoms with Crippen molar-refractivity contribution in [3.8, 4) is 0 Å². The number of aromatic nitrogens is 1. The van der Waals surface area contributed by atoms with Crippen LogP contribution in [0.25, 0.3) is 0 Å². The molecule has 9 heteroatoms. The fraction of sp³-hybridized carbons (Fsp3) is 0.286. The van der Waals surface area contributed by atoms with Crippen molar-refractivity contribution < 1.29 is 25.8 Å².